The summed E-state index contributed by atoms with van der Waals surface area (Å²) >= 11 is 0. The number of carbonyl (C=O) groups is 1. The summed E-state index contributed by atoms with van der Waals surface area (Å²) in [5, 5.41) is 17.8. The molecule has 2 heterocycles. The number of nitrogens with one attached hydrogen (secondary N) is 3. The van der Waals surface area contributed by atoms with Crippen LogP contribution >= 0.6 is 0 Å². The van der Waals surface area contributed by atoms with Gasteiger partial charge in [0.05, 0.1) is 18.4 Å². The molecule has 0 aliphatic rings. The molecular formula is C21H23N9O. The van der Waals surface area contributed by atoms with E-state index in [1.807, 2.05) is 36.4 Å². The van der Waals surface area contributed by atoms with Crippen molar-refractivity contribution in [3.63, 3.8) is 0 Å². The van der Waals surface area contributed by atoms with Gasteiger partial charge in [-0.15, -0.1) is 0 Å². The Bertz CT molecular complexity index is 1020. The number of anilines is 3. The molecule has 0 saturated heterocycles. The lowest BCUT2D eigenvalue weighted by atomic mass is 10.1. The van der Waals surface area contributed by atoms with Gasteiger partial charge in [0.15, 0.2) is 5.69 Å². The summed E-state index contributed by atoms with van der Waals surface area (Å²) in [6, 6.07) is 12.8. The maximum absolute atomic E-state index is 12.1. The Morgan fingerprint density at radius 2 is 1.87 bits per heavy atom. The molecule has 1 unspecified atom stereocenters. The topological polar surface area (TPSA) is 155 Å². The highest BCUT2D eigenvalue weighted by Crippen LogP contribution is 2.13. The first-order valence-corrected chi connectivity index (χ1v) is 9.76. The van der Waals surface area contributed by atoms with Crippen LogP contribution in [0.5, 0.6) is 0 Å². The molecule has 0 saturated carbocycles. The number of amides is 1. The van der Waals surface area contributed by atoms with Crippen LogP contribution in [0, 0.1) is 11.3 Å². The first-order chi connectivity index (χ1) is 15.1. The van der Waals surface area contributed by atoms with Crippen LogP contribution in [0.15, 0.2) is 55.1 Å². The number of carbonyl (C=O) groups excluding carboxylic acids is 1. The molecule has 3 rings (SSSR count). The smallest absolute Gasteiger partial charge is 0.237 e. The fourth-order valence-corrected chi connectivity index (χ4v) is 2.69. The minimum atomic E-state index is -0.567. The average Bonchev–Trinajstić information content (AvgIpc) is 2.81. The van der Waals surface area contributed by atoms with Crippen molar-refractivity contribution in [3.8, 4) is 6.07 Å². The molecule has 1 amide bonds. The number of hydrogen-bond acceptors (Lipinski definition) is 9. The SMILES string of the molecule is N#Cc1cnc(Nc2cc(NCCCC(N)C(=O)NCc3ccccc3)ncn2)cn1. The normalized spacial score (nSPS) is 11.2. The fourth-order valence-electron chi connectivity index (χ4n) is 2.69. The minimum absolute atomic E-state index is 0.166. The van der Waals surface area contributed by atoms with E-state index in [2.05, 4.69) is 35.9 Å². The molecule has 31 heavy (non-hydrogen) atoms. The van der Waals surface area contributed by atoms with Crippen LogP contribution in [0.1, 0.15) is 24.1 Å². The van der Waals surface area contributed by atoms with Crippen molar-refractivity contribution < 1.29 is 4.79 Å². The maximum Gasteiger partial charge on any atom is 0.237 e. The summed E-state index contributed by atoms with van der Waals surface area (Å²) in [6.07, 6.45) is 5.50. The van der Waals surface area contributed by atoms with Crippen molar-refractivity contribution in [2.24, 2.45) is 5.73 Å². The van der Waals surface area contributed by atoms with Crippen LogP contribution < -0.4 is 21.7 Å². The van der Waals surface area contributed by atoms with Gasteiger partial charge in [0.2, 0.25) is 5.91 Å². The van der Waals surface area contributed by atoms with Gasteiger partial charge >= 0.3 is 0 Å². The molecule has 0 aliphatic carbocycles. The molecule has 10 nitrogen and oxygen atoms in total. The lowest BCUT2D eigenvalue weighted by Crippen LogP contribution is -2.40. The summed E-state index contributed by atoms with van der Waals surface area (Å²) in [4.78, 5) is 28.5. The van der Waals surface area contributed by atoms with Gasteiger partial charge in [-0.05, 0) is 18.4 Å². The zero-order valence-corrected chi connectivity index (χ0v) is 16.8. The Hall–Kier alpha value is -4.10. The minimum Gasteiger partial charge on any atom is -0.370 e. The van der Waals surface area contributed by atoms with Crippen LogP contribution in [0.25, 0.3) is 0 Å². The Morgan fingerprint density at radius 3 is 2.61 bits per heavy atom. The molecule has 0 aliphatic heterocycles. The third-order valence-corrected chi connectivity index (χ3v) is 4.33. The lowest BCUT2D eigenvalue weighted by Gasteiger charge is -2.13. The number of nitrogens with two attached hydrogens (primary N) is 1. The van der Waals surface area contributed by atoms with Crippen LogP contribution in [0.3, 0.4) is 0 Å². The van der Waals surface area contributed by atoms with Gasteiger partial charge in [-0.2, -0.15) is 5.26 Å². The number of nitriles is 1. The average molecular weight is 417 g/mol. The van der Waals surface area contributed by atoms with Gasteiger partial charge in [0.1, 0.15) is 29.9 Å². The molecule has 5 N–H and O–H groups in total. The zero-order valence-electron chi connectivity index (χ0n) is 16.8. The van der Waals surface area contributed by atoms with Gasteiger partial charge in [-0.1, -0.05) is 30.3 Å². The van der Waals surface area contributed by atoms with Crippen LogP contribution in [0.2, 0.25) is 0 Å². The van der Waals surface area contributed by atoms with Gasteiger partial charge in [-0.25, -0.2) is 19.9 Å². The third kappa shape index (κ3) is 7.02. The number of aromatic nitrogens is 4. The van der Waals surface area contributed by atoms with E-state index in [-0.39, 0.29) is 11.6 Å². The summed E-state index contributed by atoms with van der Waals surface area (Å²) in [5.74, 6) is 1.46. The Labute approximate surface area is 180 Å². The second kappa shape index (κ2) is 11.2. The van der Waals surface area contributed by atoms with Crippen LogP contribution in [-0.2, 0) is 11.3 Å². The summed E-state index contributed by atoms with van der Waals surface area (Å²) in [5.41, 5.74) is 7.25. The lowest BCUT2D eigenvalue weighted by molar-refractivity contribution is -0.122. The Balaban J connectivity index is 1.39. The number of nitrogens with zero attached hydrogens (tertiary/aromatic N) is 5. The largest absolute Gasteiger partial charge is 0.370 e. The van der Waals surface area contributed by atoms with Gasteiger partial charge in [0.25, 0.3) is 0 Å². The number of benzene rings is 1. The van der Waals surface area contributed by atoms with Crippen molar-refractivity contribution in [3.05, 3.63) is 66.4 Å². The standard InChI is InChI=1S/C21H23N9O/c22-10-16-12-26-20(13-25-16)30-19-9-18(28-14-29-19)24-8-4-7-17(23)21(31)27-11-15-5-2-1-3-6-15/h1-3,5-6,9,12-14,17H,4,7-8,11,23H2,(H,27,31)(H2,24,26,28,29,30). The maximum atomic E-state index is 12.1. The van der Waals surface area contributed by atoms with Gasteiger partial charge < -0.3 is 21.7 Å². The zero-order chi connectivity index (χ0) is 21.9. The monoisotopic (exact) mass is 417 g/mol. The molecule has 0 spiro atoms. The molecule has 158 valence electrons. The molecule has 3 aromatic rings. The predicted molar refractivity (Wildman–Crippen MR) is 116 cm³/mol. The van der Waals surface area contributed by atoms with Crippen molar-refractivity contribution in [1.82, 2.24) is 25.3 Å². The first-order valence-electron chi connectivity index (χ1n) is 9.76. The van der Waals surface area contributed by atoms with E-state index in [1.54, 1.807) is 6.07 Å². The van der Waals surface area contributed by atoms with E-state index in [0.29, 0.717) is 43.4 Å². The van der Waals surface area contributed by atoms with Crippen LogP contribution in [0.4, 0.5) is 17.5 Å². The van der Waals surface area contributed by atoms with Crippen molar-refractivity contribution in [2.45, 2.75) is 25.4 Å². The van der Waals surface area contributed by atoms with E-state index in [1.165, 1.54) is 18.7 Å². The van der Waals surface area contributed by atoms with E-state index in [4.69, 9.17) is 11.0 Å². The summed E-state index contributed by atoms with van der Waals surface area (Å²) in [6.45, 7) is 1.07. The highest BCUT2D eigenvalue weighted by atomic mass is 16.2. The van der Waals surface area contributed by atoms with Gasteiger partial charge in [-0.3, -0.25) is 4.79 Å². The van der Waals surface area contributed by atoms with E-state index in [9.17, 15) is 4.79 Å². The highest BCUT2D eigenvalue weighted by Gasteiger charge is 2.12. The second-order valence-corrected chi connectivity index (χ2v) is 6.69. The van der Waals surface area contributed by atoms with Crippen molar-refractivity contribution in [1.29, 1.82) is 5.26 Å². The summed E-state index contributed by atoms with van der Waals surface area (Å²) in [7, 11) is 0. The van der Waals surface area contributed by atoms with E-state index < -0.39 is 6.04 Å². The van der Waals surface area contributed by atoms with Gasteiger partial charge in [0, 0.05) is 19.2 Å². The quantitative estimate of drug-likeness (QED) is 0.361. The number of rotatable bonds is 10. The molecule has 1 atom stereocenters. The van der Waals surface area contributed by atoms with Crippen molar-refractivity contribution in [2.75, 3.05) is 17.2 Å². The fraction of sp³-hybridized carbons (Fsp3) is 0.238. The van der Waals surface area contributed by atoms with E-state index in [0.717, 1.165) is 5.56 Å². The Morgan fingerprint density at radius 1 is 1.06 bits per heavy atom. The van der Waals surface area contributed by atoms with E-state index >= 15 is 0 Å². The molecule has 1 aromatic carbocycles. The molecule has 10 heteroatoms. The molecule has 2 aromatic heterocycles. The summed E-state index contributed by atoms with van der Waals surface area (Å²) < 4.78 is 0. The Kier molecular flexibility index (Phi) is 7.79. The number of hydrogen-bond donors (Lipinski definition) is 4. The molecule has 0 fully saturated rings. The molecule has 0 radical (unpaired) electrons. The molecule has 0 bridgehead atoms. The highest BCUT2D eigenvalue weighted by molar-refractivity contribution is 5.81. The second-order valence-electron chi connectivity index (χ2n) is 6.69. The molecular weight excluding hydrogens is 394 g/mol. The first kappa shape index (κ1) is 21.6. The van der Waals surface area contributed by atoms with Crippen molar-refractivity contribution >= 4 is 23.4 Å². The third-order valence-electron chi connectivity index (χ3n) is 4.33. The van der Waals surface area contributed by atoms with Crippen LogP contribution in [-0.4, -0.2) is 38.4 Å². The predicted octanol–water partition coefficient (Wildman–Crippen LogP) is 1.72.